The molecular weight excluding hydrogens is 580 g/mol. The number of carbonyl (C=O) groups excluding carboxylic acids is 2. The molecule has 0 saturated carbocycles. The number of hydrogen-bond donors (Lipinski definition) is 1. The third kappa shape index (κ3) is 7.68. The van der Waals surface area contributed by atoms with Crippen molar-refractivity contribution >= 4 is 43.6 Å². The summed E-state index contributed by atoms with van der Waals surface area (Å²) in [5.74, 6) is -0.832. The second-order valence-electron chi connectivity index (χ2n) is 9.56. The number of nitrogens with one attached hydrogen (secondary N) is 1. The summed E-state index contributed by atoms with van der Waals surface area (Å²) in [6, 6.07) is 21.5. The first-order valence-electron chi connectivity index (χ1n) is 12.5. The Morgan fingerprint density at radius 2 is 1.59 bits per heavy atom. The molecule has 1 atom stereocenters. The molecule has 3 aromatic carbocycles. The average Bonchev–Trinajstić information content (AvgIpc) is 2.90. The fourth-order valence-corrected chi connectivity index (χ4v) is 5.80. The number of hydrogen-bond acceptors (Lipinski definition) is 4. The van der Waals surface area contributed by atoms with Crippen LogP contribution in [0.2, 0.25) is 0 Å². The van der Waals surface area contributed by atoms with Gasteiger partial charge in [0, 0.05) is 38.6 Å². The summed E-state index contributed by atoms with van der Waals surface area (Å²) >= 11 is 3.47. The van der Waals surface area contributed by atoms with Gasteiger partial charge in [0.25, 0.3) is 0 Å². The first-order valence-corrected chi connectivity index (χ1v) is 14.7. The standard InChI is InChI=1S/C29H35BrN4O4S/c1-21-14-15-22(2)26(16-21)34(39(37,38)32(4)5)20-28(35)33(19-24-12-9-13-25(30)17-24)27(29(36)31-3)18-23-10-7-6-8-11-23/h6-17,27H,18-20H2,1-5H3,(H,31,36)/t27-/m0/s1. The molecule has 0 fully saturated rings. The summed E-state index contributed by atoms with van der Waals surface area (Å²) in [6.45, 7) is 3.32. The molecule has 0 saturated heterocycles. The molecule has 0 heterocycles. The van der Waals surface area contributed by atoms with Gasteiger partial charge in [-0.3, -0.25) is 9.59 Å². The van der Waals surface area contributed by atoms with Crippen LogP contribution in [-0.2, 0) is 32.8 Å². The van der Waals surface area contributed by atoms with Gasteiger partial charge in [0.05, 0.1) is 5.69 Å². The molecule has 0 aliphatic rings. The maximum Gasteiger partial charge on any atom is 0.304 e. The molecule has 3 aromatic rings. The van der Waals surface area contributed by atoms with Crippen molar-refractivity contribution in [3.05, 3.63) is 99.5 Å². The van der Waals surface area contributed by atoms with E-state index in [4.69, 9.17) is 0 Å². The summed E-state index contributed by atoms with van der Waals surface area (Å²) in [5.41, 5.74) is 3.67. The first-order chi connectivity index (χ1) is 18.4. The SMILES string of the molecule is CNC(=O)[C@H](Cc1ccccc1)N(Cc1cccc(Br)c1)C(=O)CN(c1cc(C)ccc1C)S(=O)(=O)N(C)C. The fourth-order valence-electron chi connectivity index (χ4n) is 4.24. The molecule has 0 unspecified atom stereocenters. The quantitative estimate of drug-likeness (QED) is 0.353. The smallest absolute Gasteiger partial charge is 0.304 e. The van der Waals surface area contributed by atoms with Crippen molar-refractivity contribution in [2.24, 2.45) is 0 Å². The number of carbonyl (C=O) groups is 2. The van der Waals surface area contributed by atoms with Crippen LogP contribution in [0.5, 0.6) is 0 Å². The highest BCUT2D eigenvalue weighted by molar-refractivity contribution is 9.10. The first kappa shape index (κ1) is 30.3. The lowest BCUT2D eigenvalue weighted by Gasteiger charge is -2.34. The molecule has 8 nitrogen and oxygen atoms in total. The van der Waals surface area contributed by atoms with Crippen LogP contribution in [0.15, 0.2) is 77.3 Å². The highest BCUT2D eigenvalue weighted by Crippen LogP contribution is 2.26. The molecule has 0 bridgehead atoms. The van der Waals surface area contributed by atoms with Gasteiger partial charge >= 0.3 is 10.2 Å². The van der Waals surface area contributed by atoms with Crippen molar-refractivity contribution in [3.8, 4) is 0 Å². The highest BCUT2D eigenvalue weighted by Gasteiger charge is 2.34. The molecule has 0 aromatic heterocycles. The van der Waals surface area contributed by atoms with Gasteiger partial charge in [-0.1, -0.05) is 70.5 Å². The van der Waals surface area contributed by atoms with Crippen LogP contribution in [0.3, 0.4) is 0 Å². The number of aryl methyl sites for hydroxylation is 2. The van der Waals surface area contributed by atoms with Crippen molar-refractivity contribution in [3.63, 3.8) is 0 Å². The maximum atomic E-state index is 14.1. The Bertz CT molecular complexity index is 1410. The van der Waals surface area contributed by atoms with E-state index < -0.39 is 28.7 Å². The average molecular weight is 616 g/mol. The van der Waals surface area contributed by atoms with Crippen LogP contribution in [-0.4, -0.2) is 63.2 Å². The van der Waals surface area contributed by atoms with Crippen LogP contribution in [0.1, 0.15) is 22.3 Å². The van der Waals surface area contributed by atoms with Gasteiger partial charge in [-0.2, -0.15) is 12.7 Å². The van der Waals surface area contributed by atoms with Gasteiger partial charge in [0.15, 0.2) is 0 Å². The van der Waals surface area contributed by atoms with E-state index >= 15 is 0 Å². The highest BCUT2D eigenvalue weighted by atomic mass is 79.9. The van der Waals surface area contributed by atoms with E-state index in [1.807, 2.05) is 73.7 Å². The number of benzene rings is 3. The molecule has 3 rings (SSSR count). The van der Waals surface area contributed by atoms with Gasteiger partial charge in [0.2, 0.25) is 11.8 Å². The lowest BCUT2D eigenvalue weighted by molar-refractivity contribution is -0.139. The van der Waals surface area contributed by atoms with E-state index in [9.17, 15) is 18.0 Å². The number of anilines is 1. The summed E-state index contributed by atoms with van der Waals surface area (Å²) in [7, 11) is 0.351. The van der Waals surface area contributed by atoms with Crippen LogP contribution in [0, 0.1) is 13.8 Å². The van der Waals surface area contributed by atoms with Gasteiger partial charge in [0.1, 0.15) is 12.6 Å². The Kier molecular flexibility index (Phi) is 10.3. The molecule has 0 aliphatic carbocycles. The number of likely N-dealkylation sites (N-methyl/N-ethyl adjacent to an activating group) is 1. The van der Waals surface area contributed by atoms with Gasteiger partial charge < -0.3 is 10.2 Å². The lowest BCUT2D eigenvalue weighted by atomic mass is 10.0. The third-order valence-corrected chi connectivity index (χ3v) is 8.71. The molecule has 2 amide bonds. The van der Waals surface area contributed by atoms with E-state index in [0.29, 0.717) is 11.3 Å². The second kappa shape index (κ2) is 13.2. The molecule has 208 valence electrons. The summed E-state index contributed by atoms with van der Waals surface area (Å²) in [5, 5.41) is 2.69. The normalized spacial score (nSPS) is 12.2. The van der Waals surface area contributed by atoms with E-state index in [0.717, 1.165) is 29.8 Å². The van der Waals surface area contributed by atoms with E-state index in [2.05, 4.69) is 21.2 Å². The second-order valence-corrected chi connectivity index (χ2v) is 12.5. The van der Waals surface area contributed by atoms with Crippen molar-refractivity contribution in [1.29, 1.82) is 0 Å². The number of halogens is 1. The minimum atomic E-state index is -4.04. The van der Waals surface area contributed by atoms with Crippen molar-refractivity contribution in [1.82, 2.24) is 14.5 Å². The van der Waals surface area contributed by atoms with E-state index in [1.165, 1.54) is 26.0 Å². The number of rotatable bonds is 11. The van der Waals surface area contributed by atoms with Crippen molar-refractivity contribution in [2.45, 2.75) is 32.9 Å². The zero-order valence-electron chi connectivity index (χ0n) is 22.9. The summed E-state index contributed by atoms with van der Waals surface area (Å²) < 4.78 is 30.0. The van der Waals surface area contributed by atoms with Crippen LogP contribution in [0.4, 0.5) is 5.69 Å². The lowest BCUT2D eigenvalue weighted by Crippen LogP contribution is -2.54. The number of amides is 2. The van der Waals surface area contributed by atoms with Crippen LogP contribution >= 0.6 is 15.9 Å². The molecule has 0 radical (unpaired) electrons. The Labute approximate surface area is 239 Å². The molecule has 0 aliphatic heterocycles. The molecule has 10 heteroatoms. The Morgan fingerprint density at radius 3 is 2.21 bits per heavy atom. The Hall–Kier alpha value is -3.21. The van der Waals surface area contributed by atoms with E-state index in [1.54, 1.807) is 13.0 Å². The van der Waals surface area contributed by atoms with Gasteiger partial charge in [-0.25, -0.2) is 4.31 Å². The minimum Gasteiger partial charge on any atom is -0.357 e. The topological polar surface area (TPSA) is 90.0 Å². The third-order valence-electron chi connectivity index (χ3n) is 6.41. The Morgan fingerprint density at radius 1 is 0.923 bits per heavy atom. The Balaban J connectivity index is 2.10. The summed E-state index contributed by atoms with van der Waals surface area (Å²) in [6.07, 6.45) is 0.268. The fraction of sp³-hybridized carbons (Fsp3) is 0.310. The van der Waals surface area contributed by atoms with Gasteiger partial charge in [-0.05, 0) is 54.3 Å². The van der Waals surface area contributed by atoms with Crippen LogP contribution in [0.25, 0.3) is 0 Å². The molecule has 1 N–H and O–H groups in total. The van der Waals surface area contributed by atoms with Crippen molar-refractivity contribution < 1.29 is 18.0 Å². The predicted octanol–water partition coefficient (Wildman–Crippen LogP) is 4.06. The predicted molar refractivity (Wildman–Crippen MR) is 159 cm³/mol. The summed E-state index contributed by atoms with van der Waals surface area (Å²) in [4.78, 5) is 28.8. The van der Waals surface area contributed by atoms with Crippen LogP contribution < -0.4 is 9.62 Å². The van der Waals surface area contributed by atoms with Crippen molar-refractivity contribution in [2.75, 3.05) is 32.0 Å². The minimum absolute atomic E-state index is 0.117. The zero-order chi connectivity index (χ0) is 28.7. The largest absolute Gasteiger partial charge is 0.357 e. The maximum absolute atomic E-state index is 14.1. The molecule has 0 spiro atoms. The number of nitrogens with zero attached hydrogens (tertiary/aromatic N) is 3. The van der Waals surface area contributed by atoms with E-state index in [-0.39, 0.29) is 18.9 Å². The monoisotopic (exact) mass is 614 g/mol. The van der Waals surface area contributed by atoms with Gasteiger partial charge in [-0.15, -0.1) is 0 Å². The zero-order valence-corrected chi connectivity index (χ0v) is 25.3. The molecular formula is C29H35BrN4O4S. The molecule has 39 heavy (non-hydrogen) atoms.